The number of hydrogen-bond donors (Lipinski definition) is 1. The molecule has 0 aliphatic carbocycles. The molecule has 0 fully saturated rings. The van der Waals surface area contributed by atoms with Crippen LogP contribution in [0.1, 0.15) is 32.2 Å². The first-order valence-electron chi connectivity index (χ1n) is 7.93. The van der Waals surface area contributed by atoms with Gasteiger partial charge in [-0.15, -0.1) is 0 Å². The Morgan fingerprint density at radius 1 is 1.29 bits per heavy atom. The fourth-order valence-corrected chi connectivity index (χ4v) is 2.42. The third kappa shape index (κ3) is 7.02. The van der Waals surface area contributed by atoms with Crippen LogP contribution in [0.3, 0.4) is 0 Å². The lowest BCUT2D eigenvalue weighted by Crippen LogP contribution is -2.45. The van der Waals surface area contributed by atoms with E-state index in [4.69, 9.17) is 4.74 Å². The molecule has 0 aliphatic heterocycles. The molecule has 1 unspecified atom stereocenters. The zero-order valence-electron chi connectivity index (χ0n) is 14.2. The van der Waals surface area contributed by atoms with Crippen molar-refractivity contribution in [2.45, 2.75) is 40.3 Å². The van der Waals surface area contributed by atoms with Crippen molar-refractivity contribution in [3.8, 4) is 0 Å². The maximum absolute atomic E-state index is 5.40. The van der Waals surface area contributed by atoms with Gasteiger partial charge in [-0.1, -0.05) is 26.8 Å². The maximum Gasteiger partial charge on any atom is 0.0630 e. The number of methoxy groups -OCH3 is 1. The van der Waals surface area contributed by atoms with Gasteiger partial charge >= 0.3 is 0 Å². The third-order valence-corrected chi connectivity index (χ3v) is 3.53. The highest BCUT2D eigenvalue weighted by atomic mass is 16.5. The lowest BCUT2D eigenvalue weighted by Gasteiger charge is -2.30. The Bertz CT molecular complexity index is 395. The lowest BCUT2D eigenvalue weighted by molar-refractivity contribution is 0.0866. The number of nitrogens with one attached hydrogen (secondary N) is 1. The van der Waals surface area contributed by atoms with Gasteiger partial charge in [0.25, 0.3) is 0 Å². The van der Waals surface area contributed by atoms with Crippen LogP contribution >= 0.6 is 0 Å². The number of rotatable bonds is 10. The van der Waals surface area contributed by atoms with Crippen LogP contribution in [-0.2, 0) is 11.3 Å². The molecule has 120 valence electrons. The molecule has 1 aromatic heterocycles. The van der Waals surface area contributed by atoms with Crippen LogP contribution in [0.5, 0.6) is 0 Å². The van der Waals surface area contributed by atoms with Gasteiger partial charge in [0.1, 0.15) is 0 Å². The minimum Gasteiger partial charge on any atom is -0.383 e. The molecule has 0 saturated heterocycles. The summed E-state index contributed by atoms with van der Waals surface area (Å²) in [5, 5.41) is 3.54. The van der Waals surface area contributed by atoms with Crippen molar-refractivity contribution in [1.29, 1.82) is 0 Å². The predicted octanol–water partition coefficient (Wildman–Crippen LogP) is 2.47. The topological polar surface area (TPSA) is 37.4 Å². The van der Waals surface area contributed by atoms with Crippen LogP contribution in [-0.4, -0.2) is 49.3 Å². The molecule has 1 heterocycles. The van der Waals surface area contributed by atoms with E-state index in [1.807, 2.05) is 13.0 Å². The van der Waals surface area contributed by atoms with Crippen LogP contribution in [0.4, 0.5) is 0 Å². The smallest absolute Gasteiger partial charge is 0.0630 e. The van der Waals surface area contributed by atoms with Crippen molar-refractivity contribution < 1.29 is 4.74 Å². The van der Waals surface area contributed by atoms with Crippen LogP contribution in [0, 0.1) is 12.8 Å². The Labute approximate surface area is 129 Å². The Kier molecular flexibility index (Phi) is 8.50. The number of aromatic nitrogens is 1. The molecule has 0 bridgehead atoms. The van der Waals surface area contributed by atoms with Crippen molar-refractivity contribution >= 4 is 0 Å². The van der Waals surface area contributed by atoms with Crippen LogP contribution in [0.2, 0.25) is 0 Å². The first kappa shape index (κ1) is 18.1. The van der Waals surface area contributed by atoms with Gasteiger partial charge in [0.05, 0.1) is 12.3 Å². The van der Waals surface area contributed by atoms with Gasteiger partial charge < -0.3 is 10.1 Å². The van der Waals surface area contributed by atoms with Crippen LogP contribution < -0.4 is 5.32 Å². The summed E-state index contributed by atoms with van der Waals surface area (Å²) >= 11 is 0. The van der Waals surface area contributed by atoms with Crippen LogP contribution in [0.15, 0.2) is 18.2 Å². The second-order valence-corrected chi connectivity index (χ2v) is 5.99. The zero-order valence-corrected chi connectivity index (χ0v) is 14.2. The fourth-order valence-electron chi connectivity index (χ4n) is 2.42. The van der Waals surface area contributed by atoms with Crippen molar-refractivity contribution in [2.24, 2.45) is 5.92 Å². The van der Waals surface area contributed by atoms with E-state index in [1.54, 1.807) is 7.11 Å². The van der Waals surface area contributed by atoms with E-state index in [9.17, 15) is 0 Å². The van der Waals surface area contributed by atoms with E-state index in [0.717, 1.165) is 44.2 Å². The lowest BCUT2D eigenvalue weighted by atomic mass is 10.2. The molecule has 21 heavy (non-hydrogen) atoms. The van der Waals surface area contributed by atoms with Gasteiger partial charge in [0, 0.05) is 31.9 Å². The summed E-state index contributed by atoms with van der Waals surface area (Å²) in [7, 11) is 1.77. The molecule has 1 aromatic rings. The van der Waals surface area contributed by atoms with Gasteiger partial charge in [-0.3, -0.25) is 9.88 Å². The van der Waals surface area contributed by atoms with E-state index in [-0.39, 0.29) is 0 Å². The Hall–Kier alpha value is -0.970. The zero-order chi connectivity index (χ0) is 15.7. The quantitative estimate of drug-likeness (QED) is 0.719. The van der Waals surface area contributed by atoms with E-state index >= 15 is 0 Å². The van der Waals surface area contributed by atoms with E-state index in [0.29, 0.717) is 12.0 Å². The van der Waals surface area contributed by atoms with Gasteiger partial charge in [-0.2, -0.15) is 0 Å². The molecule has 4 heteroatoms. The summed E-state index contributed by atoms with van der Waals surface area (Å²) in [5.74, 6) is 0.668. The van der Waals surface area contributed by atoms with E-state index < -0.39 is 0 Å². The van der Waals surface area contributed by atoms with E-state index in [2.05, 4.69) is 48.1 Å². The molecule has 0 aliphatic rings. The SMILES string of the molecule is CCN(Cc1cccc(C)n1)C(CNCC(C)C)COC. The monoisotopic (exact) mass is 293 g/mol. The Morgan fingerprint density at radius 2 is 2.05 bits per heavy atom. The number of ether oxygens (including phenoxy) is 1. The highest BCUT2D eigenvalue weighted by molar-refractivity contribution is 5.10. The van der Waals surface area contributed by atoms with Crippen molar-refractivity contribution in [3.63, 3.8) is 0 Å². The normalized spacial score (nSPS) is 13.1. The fraction of sp³-hybridized carbons (Fsp3) is 0.706. The van der Waals surface area contributed by atoms with Gasteiger partial charge in [-0.05, 0) is 38.1 Å². The molecule has 0 spiro atoms. The third-order valence-electron chi connectivity index (χ3n) is 3.53. The molecule has 0 radical (unpaired) electrons. The average Bonchev–Trinajstić information content (AvgIpc) is 2.44. The first-order valence-corrected chi connectivity index (χ1v) is 7.93. The predicted molar refractivity (Wildman–Crippen MR) is 88.4 cm³/mol. The second-order valence-electron chi connectivity index (χ2n) is 5.99. The second kappa shape index (κ2) is 9.87. The molecule has 0 aromatic carbocycles. The molecule has 1 N–H and O–H groups in total. The molecule has 0 amide bonds. The van der Waals surface area contributed by atoms with Crippen molar-refractivity contribution in [3.05, 3.63) is 29.6 Å². The molecule has 1 rings (SSSR count). The highest BCUT2D eigenvalue weighted by Gasteiger charge is 2.17. The maximum atomic E-state index is 5.40. The molecule has 0 saturated carbocycles. The number of pyridine rings is 1. The minimum atomic E-state index is 0.376. The summed E-state index contributed by atoms with van der Waals surface area (Å²) in [5.41, 5.74) is 2.20. The number of hydrogen-bond acceptors (Lipinski definition) is 4. The van der Waals surface area contributed by atoms with E-state index in [1.165, 1.54) is 0 Å². The van der Waals surface area contributed by atoms with Gasteiger partial charge in [-0.25, -0.2) is 0 Å². The minimum absolute atomic E-state index is 0.376. The van der Waals surface area contributed by atoms with Crippen molar-refractivity contribution in [1.82, 2.24) is 15.2 Å². The highest BCUT2D eigenvalue weighted by Crippen LogP contribution is 2.08. The number of likely N-dealkylation sites (N-methyl/N-ethyl adjacent to an activating group) is 1. The Balaban J connectivity index is 2.63. The van der Waals surface area contributed by atoms with Crippen LogP contribution in [0.25, 0.3) is 0 Å². The Morgan fingerprint density at radius 3 is 2.62 bits per heavy atom. The summed E-state index contributed by atoms with van der Waals surface area (Å²) < 4.78 is 5.40. The summed E-state index contributed by atoms with van der Waals surface area (Å²) in [6.07, 6.45) is 0. The number of nitrogens with zero attached hydrogens (tertiary/aromatic N) is 2. The summed E-state index contributed by atoms with van der Waals surface area (Å²) in [6, 6.07) is 6.59. The molecule has 1 atom stereocenters. The first-order chi connectivity index (χ1) is 10.1. The molecule has 4 nitrogen and oxygen atoms in total. The molecular weight excluding hydrogens is 262 g/mol. The summed E-state index contributed by atoms with van der Waals surface area (Å²) in [4.78, 5) is 7.04. The van der Waals surface area contributed by atoms with Gasteiger partial charge in [0.15, 0.2) is 0 Å². The van der Waals surface area contributed by atoms with Crippen molar-refractivity contribution in [2.75, 3.05) is 33.4 Å². The largest absolute Gasteiger partial charge is 0.383 e. The standard InChI is InChI=1S/C17H31N3O/c1-6-20(12-16-9-7-8-15(4)19-16)17(13-21-5)11-18-10-14(2)3/h7-9,14,17-18H,6,10-13H2,1-5H3. The summed E-state index contributed by atoms with van der Waals surface area (Å²) in [6.45, 7) is 13.3. The average molecular weight is 293 g/mol. The van der Waals surface area contributed by atoms with Gasteiger partial charge in [0.2, 0.25) is 0 Å². The number of aryl methyl sites for hydroxylation is 1. The molecular formula is C17H31N3O.